The normalized spacial score (nSPS) is 9.73. The Balaban J connectivity index is 1.73. The van der Waals surface area contributed by atoms with Crippen molar-refractivity contribution in [2.75, 3.05) is 10.6 Å². The maximum atomic E-state index is 12.3. The van der Waals surface area contributed by atoms with Crippen LogP contribution in [0.5, 0.6) is 0 Å². The van der Waals surface area contributed by atoms with E-state index in [2.05, 4.69) is 27.5 Å². The van der Waals surface area contributed by atoms with Crippen molar-refractivity contribution < 1.29 is 24.6 Å². The van der Waals surface area contributed by atoms with Crippen LogP contribution in [0.4, 0.5) is 16.2 Å². The number of aromatic carboxylic acids is 2. The van der Waals surface area contributed by atoms with E-state index >= 15 is 0 Å². The number of carbonyl (C=O) groups is 3. The van der Waals surface area contributed by atoms with Crippen LogP contribution < -0.4 is 10.6 Å². The summed E-state index contributed by atoms with van der Waals surface area (Å²) in [7, 11) is 0. The van der Waals surface area contributed by atoms with Crippen LogP contribution in [0.1, 0.15) is 31.8 Å². The van der Waals surface area contributed by atoms with Crippen LogP contribution in [0.3, 0.4) is 0 Å². The van der Waals surface area contributed by atoms with Crippen molar-refractivity contribution in [3.05, 3.63) is 89.2 Å². The van der Waals surface area contributed by atoms with Gasteiger partial charge in [0.05, 0.1) is 11.1 Å². The van der Waals surface area contributed by atoms with Crippen molar-refractivity contribution in [1.82, 2.24) is 4.98 Å². The zero-order valence-corrected chi connectivity index (χ0v) is 15.4. The first-order valence-corrected chi connectivity index (χ1v) is 8.62. The maximum Gasteiger partial charge on any atom is 0.335 e. The minimum Gasteiger partial charge on any atom is -0.478 e. The molecule has 8 heteroatoms. The highest BCUT2D eigenvalue weighted by molar-refractivity contribution is 6.02. The molecule has 0 saturated heterocycles. The molecule has 2 amide bonds. The second-order valence-electron chi connectivity index (χ2n) is 6.06. The third-order valence-corrected chi connectivity index (χ3v) is 3.82. The van der Waals surface area contributed by atoms with E-state index in [-0.39, 0.29) is 16.8 Å². The largest absolute Gasteiger partial charge is 0.478 e. The summed E-state index contributed by atoms with van der Waals surface area (Å²) in [6, 6.07) is 13.1. The molecule has 1 aromatic heterocycles. The number of anilines is 2. The fraction of sp³-hybridized carbons (Fsp3) is 0. The van der Waals surface area contributed by atoms with Gasteiger partial charge in [0.1, 0.15) is 0 Å². The summed E-state index contributed by atoms with van der Waals surface area (Å²) in [4.78, 5) is 38.6. The number of carboxylic acid groups (broad SMARTS) is 2. The first-order valence-electron chi connectivity index (χ1n) is 8.62. The second kappa shape index (κ2) is 9.03. The molecule has 0 aliphatic carbocycles. The lowest BCUT2D eigenvalue weighted by Crippen LogP contribution is -2.20. The number of pyridine rings is 1. The van der Waals surface area contributed by atoms with Crippen molar-refractivity contribution in [1.29, 1.82) is 0 Å². The zero-order chi connectivity index (χ0) is 21.5. The highest BCUT2D eigenvalue weighted by atomic mass is 16.4. The van der Waals surface area contributed by atoms with Crippen LogP contribution in [-0.4, -0.2) is 33.2 Å². The first kappa shape index (κ1) is 20.1. The lowest BCUT2D eigenvalue weighted by Gasteiger charge is -2.09. The number of nitrogens with zero attached hydrogens (tertiary/aromatic N) is 1. The molecule has 0 aliphatic heterocycles. The van der Waals surface area contributed by atoms with E-state index in [9.17, 15) is 14.4 Å². The van der Waals surface area contributed by atoms with Crippen molar-refractivity contribution in [2.24, 2.45) is 0 Å². The van der Waals surface area contributed by atoms with E-state index in [1.165, 1.54) is 12.1 Å². The molecule has 0 atom stereocenters. The van der Waals surface area contributed by atoms with E-state index in [0.717, 1.165) is 11.6 Å². The molecular formula is C22H15N3O5. The van der Waals surface area contributed by atoms with Gasteiger partial charge in [-0.25, -0.2) is 14.4 Å². The zero-order valence-electron chi connectivity index (χ0n) is 15.4. The molecule has 0 radical (unpaired) electrons. The SMILES string of the molecule is O=C(Nc1cccc(C#Cc2cccnc2)c1)Nc1cc(C(=O)O)cc(C(=O)O)c1. The molecule has 0 fully saturated rings. The number of hydrogen-bond donors (Lipinski definition) is 4. The van der Waals surface area contributed by atoms with Gasteiger partial charge in [0.25, 0.3) is 0 Å². The Labute approximate surface area is 171 Å². The van der Waals surface area contributed by atoms with Gasteiger partial charge >= 0.3 is 18.0 Å². The molecule has 8 nitrogen and oxygen atoms in total. The van der Waals surface area contributed by atoms with Gasteiger partial charge in [0.15, 0.2) is 0 Å². The number of urea groups is 1. The van der Waals surface area contributed by atoms with Gasteiger partial charge in [-0.15, -0.1) is 0 Å². The minimum atomic E-state index is -1.30. The number of hydrogen-bond acceptors (Lipinski definition) is 4. The van der Waals surface area contributed by atoms with Crippen LogP contribution in [-0.2, 0) is 0 Å². The molecule has 0 aliphatic rings. The van der Waals surface area contributed by atoms with Gasteiger partial charge in [-0.3, -0.25) is 4.98 Å². The molecule has 0 bridgehead atoms. The molecular weight excluding hydrogens is 386 g/mol. The third-order valence-electron chi connectivity index (χ3n) is 3.82. The molecule has 2 aromatic carbocycles. The molecule has 0 spiro atoms. The predicted molar refractivity (Wildman–Crippen MR) is 110 cm³/mol. The summed E-state index contributed by atoms with van der Waals surface area (Å²) in [6.07, 6.45) is 3.29. The van der Waals surface area contributed by atoms with Gasteiger partial charge in [-0.1, -0.05) is 17.9 Å². The number of aromatic nitrogens is 1. The van der Waals surface area contributed by atoms with E-state index < -0.39 is 18.0 Å². The average Bonchev–Trinajstić information content (AvgIpc) is 2.73. The molecule has 1 heterocycles. The lowest BCUT2D eigenvalue weighted by atomic mass is 10.1. The quantitative estimate of drug-likeness (QED) is 0.495. The number of rotatable bonds is 4. The number of carboxylic acids is 2. The molecule has 3 rings (SSSR count). The highest BCUT2D eigenvalue weighted by Gasteiger charge is 2.13. The lowest BCUT2D eigenvalue weighted by molar-refractivity contribution is 0.0696. The van der Waals surface area contributed by atoms with Gasteiger partial charge < -0.3 is 20.8 Å². The van der Waals surface area contributed by atoms with Crippen LogP contribution in [0, 0.1) is 11.8 Å². The van der Waals surface area contributed by atoms with Gasteiger partial charge in [0, 0.05) is 34.9 Å². The summed E-state index contributed by atoms with van der Waals surface area (Å²) >= 11 is 0. The Kier molecular flexibility index (Phi) is 6.05. The van der Waals surface area contributed by atoms with Crippen LogP contribution >= 0.6 is 0 Å². The monoisotopic (exact) mass is 401 g/mol. The molecule has 30 heavy (non-hydrogen) atoms. The predicted octanol–water partition coefficient (Wildman–Crippen LogP) is 3.52. The Bertz CT molecular complexity index is 1150. The van der Waals surface area contributed by atoms with Crippen molar-refractivity contribution in [3.63, 3.8) is 0 Å². The number of benzene rings is 2. The van der Waals surface area contributed by atoms with Crippen LogP contribution in [0.15, 0.2) is 67.0 Å². The highest BCUT2D eigenvalue weighted by Crippen LogP contribution is 2.17. The van der Waals surface area contributed by atoms with Crippen molar-refractivity contribution >= 4 is 29.3 Å². The number of carbonyl (C=O) groups excluding carboxylic acids is 1. The molecule has 148 valence electrons. The Morgan fingerprint density at radius 1 is 0.767 bits per heavy atom. The Hall–Kier alpha value is -4.64. The minimum absolute atomic E-state index is 0.0392. The second-order valence-corrected chi connectivity index (χ2v) is 6.06. The number of amides is 2. The fourth-order valence-corrected chi connectivity index (χ4v) is 2.50. The first-order chi connectivity index (χ1) is 14.4. The summed E-state index contributed by atoms with van der Waals surface area (Å²) in [6.45, 7) is 0. The molecule has 0 saturated carbocycles. The number of nitrogens with one attached hydrogen (secondary N) is 2. The van der Waals surface area contributed by atoms with E-state index in [1.54, 1.807) is 42.7 Å². The molecule has 3 aromatic rings. The van der Waals surface area contributed by atoms with Crippen molar-refractivity contribution in [2.45, 2.75) is 0 Å². The average molecular weight is 401 g/mol. The Morgan fingerprint density at radius 3 is 2.03 bits per heavy atom. The van der Waals surface area contributed by atoms with Crippen molar-refractivity contribution in [3.8, 4) is 11.8 Å². The standard InChI is InChI=1S/C22H15N3O5/c26-20(27)16-10-17(21(28)29)12-19(11-16)25-22(30)24-18-5-1-3-14(9-18)6-7-15-4-2-8-23-13-15/h1-5,8-13H,(H,26,27)(H,28,29)(H2,24,25,30). The summed E-state index contributed by atoms with van der Waals surface area (Å²) in [5.74, 6) is 3.33. The summed E-state index contributed by atoms with van der Waals surface area (Å²) < 4.78 is 0. The van der Waals surface area contributed by atoms with Gasteiger partial charge in [-0.2, -0.15) is 0 Å². The third kappa shape index (κ3) is 5.43. The fourth-order valence-electron chi connectivity index (χ4n) is 2.50. The van der Waals surface area contributed by atoms with Crippen LogP contribution in [0.2, 0.25) is 0 Å². The summed E-state index contributed by atoms with van der Waals surface area (Å²) in [5.41, 5.74) is 1.41. The van der Waals surface area contributed by atoms with Gasteiger partial charge in [0.2, 0.25) is 0 Å². The maximum absolute atomic E-state index is 12.3. The van der Waals surface area contributed by atoms with Gasteiger partial charge in [-0.05, 0) is 48.5 Å². The summed E-state index contributed by atoms with van der Waals surface area (Å²) in [5, 5.41) is 23.3. The van der Waals surface area contributed by atoms with E-state index in [4.69, 9.17) is 10.2 Å². The Morgan fingerprint density at radius 2 is 1.40 bits per heavy atom. The van der Waals surface area contributed by atoms with E-state index in [0.29, 0.717) is 11.3 Å². The smallest absolute Gasteiger partial charge is 0.335 e. The molecule has 0 unspecified atom stereocenters. The topological polar surface area (TPSA) is 129 Å². The van der Waals surface area contributed by atoms with Crippen LogP contribution in [0.25, 0.3) is 0 Å². The molecule has 4 N–H and O–H groups in total. The van der Waals surface area contributed by atoms with E-state index in [1.807, 2.05) is 6.07 Å².